The van der Waals surface area contributed by atoms with E-state index in [4.69, 9.17) is 9.15 Å². The molecule has 0 aliphatic carbocycles. The summed E-state index contributed by atoms with van der Waals surface area (Å²) in [5.74, 6) is 2.62. The van der Waals surface area contributed by atoms with Crippen molar-refractivity contribution in [1.29, 1.82) is 0 Å². The number of para-hydroxylation sites is 1. The zero-order valence-corrected chi connectivity index (χ0v) is 15.6. The molecule has 0 bridgehead atoms. The molecule has 1 aromatic carbocycles. The first-order valence-corrected chi connectivity index (χ1v) is 9.43. The lowest BCUT2D eigenvalue weighted by Gasteiger charge is -2.34. The van der Waals surface area contributed by atoms with Gasteiger partial charge in [0, 0.05) is 13.1 Å². The summed E-state index contributed by atoms with van der Waals surface area (Å²) in [6, 6.07) is 7.47. The van der Waals surface area contributed by atoms with Crippen LogP contribution in [-0.4, -0.2) is 47.0 Å². The Hall–Kier alpha value is -2.02. The summed E-state index contributed by atoms with van der Waals surface area (Å²) >= 11 is 1.28. The molecule has 0 saturated carbocycles. The van der Waals surface area contributed by atoms with Gasteiger partial charge in [-0.05, 0) is 30.4 Å². The van der Waals surface area contributed by atoms with Gasteiger partial charge in [-0.25, -0.2) is 0 Å². The fraction of sp³-hybridized carbons (Fsp3) is 0.500. The number of ether oxygens (including phenoxy) is 1. The lowest BCUT2D eigenvalue weighted by atomic mass is 9.92. The first-order chi connectivity index (χ1) is 12.1. The van der Waals surface area contributed by atoms with Crippen molar-refractivity contribution < 1.29 is 13.9 Å². The summed E-state index contributed by atoms with van der Waals surface area (Å²) in [5.41, 5.74) is 0.745. The Bertz CT molecular complexity index is 724. The molecular weight excluding hydrogens is 338 g/mol. The van der Waals surface area contributed by atoms with Crippen molar-refractivity contribution >= 4 is 17.7 Å². The second-order valence-corrected chi connectivity index (χ2v) is 7.53. The molecule has 0 unspecified atom stereocenters. The number of nitrogens with zero attached hydrogens (tertiary/aromatic N) is 3. The molecule has 7 heteroatoms. The number of methoxy groups -OCH3 is 1. The summed E-state index contributed by atoms with van der Waals surface area (Å²) in [7, 11) is 1.60. The molecule has 1 saturated heterocycles. The zero-order chi connectivity index (χ0) is 17.8. The highest BCUT2D eigenvalue weighted by molar-refractivity contribution is 7.99. The molecular formula is C18H23N3O3S. The van der Waals surface area contributed by atoms with Gasteiger partial charge in [0.1, 0.15) is 5.75 Å². The topological polar surface area (TPSA) is 68.5 Å². The van der Waals surface area contributed by atoms with Gasteiger partial charge >= 0.3 is 0 Å². The standard InChI is InChI=1S/C18H23N3O3S/c1-12-8-13(2)10-21(9-12)16(22)11-25-18-20-19-17(24-18)14-6-4-5-7-15(14)23-3/h4-7,12-13H,8-11H2,1-3H3/t12-,13-/m1/s1. The van der Waals surface area contributed by atoms with E-state index in [1.807, 2.05) is 29.2 Å². The van der Waals surface area contributed by atoms with Gasteiger partial charge in [0.25, 0.3) is 11.1 Å². The summed E-state index contributed by atoms with van der Waals surface area (Å²) < 4.78 is 11.0. The number of rotatable bonds is 5. The van der Waals surface area contributed by atoms with Gasteiger partial charge in [0.15, 0.2) is 0 Å². The van der Waals surface area contributed by atoms with Crippen LogP contribution < -0.4 is 4.74 Å². The largest absolute Gasteiger partial charge is 0.496 e. The van der Waals surface area contributed by atoms with Crippen molar-refractivity contribution in [3.8, 4) is 17.2 Å². The van der Waals surface area contributed by atoms with E-state index in [-0.39, 0.29) is 5.91 Å². The van der Waals surface area contributed by atoms with Crippen molar-refractivity contribution in [2.24, 2.45) is 11.8 Å². The number of hydrogen-bond donors (Lipinski definition) is 0. The lowest BCUT2D eigenvalue weighted by Crippen LogP contribution is -2.43. The minimum Gasteiger partial charge on any atom is -0.496 e. The normalized spacial score (nSPS) is 20.5. The number of thioether (sulfide) groups is 1. The van der Waals surface area contributed by atoms with Gasteiger partial charge in [-0.3, -0.25) is 4.79 Å². The Balaban J connectivity index is 1.61. The van der Waals surface area contributed by atoms with Gasteiger partial charge in [0.05, 0.1) is 18.4 Å². The van der Waals surface area contributed by atoms with Gasteiger partial charge in [0.2, 0.25) is 5.91 Å². The molecule has 0 N–H and O–H groups in total. The van der Waals surface area contributed by atoms with Crippen LogP contribution in [0, 0.1) is 11.8 Å². The lowest BCUT2D eigenvalue weighted by molar-refractivity contribution is -0.130. The molecule has 6 nitrogen and oxygen atoms in total. The highest BCUT2D eigenvalue weighted by Gasteiger charge is 2.25. The number of carbonyl (C=O) groups is 1. The minimum atomic E-state index is 0.125. The third kappa shape index (κ3) is 4.34. The fourth-order valence-corrected chi connectivity index (χ4v) is 3.95. The van der Waals surface area contributed by atoms with E-state index in [1.165, 1.54) is 18.2 Å². The number of piperidine rings is 1. The molecule has 1 aliphatic rings. The maximum Gasteiger partial charge on any atom is 0.277 e. The Morgan fingerprint density at radius 3 is 2.72 bits per heavy atom. The minimum absolute atomic E-state index is 0.125. The van der Waals surface area contributed by atoms with Crippen molar-refractivity contribution in [1.82, 2.24) is 15.1 Å². The smallest absolute Gasteiger partial charge is 0.277 e. The SMILES string of the molecule is COc1ccccc1-c1nnc(SCC(=O)N2C[C@H](C)C[C@@H](C)C2)o1. The average molecular weight is 361 g/mol. The van der Waals surface area contributed by atoms with Gasteiger partial charge in [-0.2, -0.15) is 0 Å². The average Bonchev–Trinajstić information content (AvgIpc) is 3.07. The summed E-state index contributed by atoms with van der Waals surface area (Å²) in [6.07, 6.45) is 1.18. The predicted octanol–water partition coefficient (Wildman–Crippen LogP) is 3.34. The van der Waals surface area contributed by atoms with Crippen LogP contribution in [-0.2, 0) is 4.79 Å². The van der Waals surface area contributed by atoms with Crippen LogP contribution in [0.5, 0.6) is 5.75 Å². The van der Waals surface area contributed by atoms with E-state index < -0.39 is 0 Å². The van der Waals surface area contributed by atoms with Gasteiger partial charge in [-0.15, -0.1) is 10.2 Å². The van der Waals surface area contributed by atoms with Crippen LogP contribution in [0.4, 0.5) is 0 Å². The third-order valence-corrected chi connectivity index (χ3v) is 5.09. The van der Waals surface area contributed by atoms with Crippen LogP contribution in [0.15, 0.2) is 33.9 Å². The molecule has 1 aromatic heterocycles. The van der Waals surface area contributed by atoms with E-state index in [0.717, 1.165) is 18.7 Å². The van der Waals surface area contributed by atoms with E-state index in [9.17, 15) is 4.79 Å². The third-order valence-electron chi connectivity index (χ3n) is 4.28. The Morgan fingerprint density at radius 1 is 1.28 bits per heavy atom. The second-order valence-electron chi connectivity index (χ2n) is 6.61. The van der Waals surface area contributed by atoms with Gasteiger partial charge in [-0.1, -0.05) is 37.7 Å². The summed E-state index contributed by atoms with van der Waals surface area (Å²) in [6.45, 7) is 6.06. The fourth-order valence-electron chi connectivity index (χ4n) is 3.28. The number of likely N-dealkylation sites (tertiary alicyclic amines) is 1. The summed E-state index contributed by atoms with van der Waals surface area (Å²) in [5, 5.41) is 8.50. The van der Waals surface area contributed by atoms with Crippen LogP contribution in [0.1, 0.15) is 20.3 Å². The number of amides is 1. The molecule has 1 aliphatic heterocycles. The van der Waals surface area contributed by atoms with Crippen LogP contribution >= 0.6 is 11.8 Å². The second kappa shape index (κ2) is 7.91. The van der Waals surface area contributed by atoms with E-state index >= 15 is 0 Å². The zero-order valence-electron chi connectivity index (χ0n) is 14.8. The maximum atomic E-state index is 12.4. The first-order valence-electron chi connectivity index (χ1n) is 8.44. The van der Waals surface area contributed by atoms with Crippen LogP contribution in [0.2, 0.25) is 0 Å². The van der Waals surface area contributed by atoms with Crippen molar-refractivity contribution in [2.75, 3.05) is 26.0 Å². The highest BCUT2D eigenvalue weighted by atomic mass is 32.2. The Morgan fingerprint density at radius 2 is 2.00 bits per heavy atom. The molecule has 0 radical (unpaired) electrons. The Labute approximate surface area is 151 Å². The molecule has 2 atom stereocenters. The molecule has 0 spiro atoms. The predicted molar refractivity (Wildman–Crippen MR) is 96.5 cm³/mol. The molecule has 1 fully saturated rings. The number of aromatic nitrogens is 2. The highest BCUT2D eigenvalue weighted by Crippen LogP contribution is 2.30. The van der Waals surface area contributed by atoms with Gasteiger partial charge < -0.3 is 14.1 Å². The monoisotopic (exact) mass is 361 g/mol. The molecule has 2 aromatic rings. The van der Waals surface area contributed by atoms with Crippen LogP contribution in [0.3, 0.4) is 0 Å². The quantitative estimate of drug-likeness (QED) is 0.761. The first kappa shape index (κ1) is 17.8. The maximum absolute atomic E-state index is 12.4. The number of hydrogen-bond acceptors (Lipinski definition) is 6. The molecule has 2 heterocycles. The van der Waals surface area contributed by atoms with Crippen molar-refractivity contribution in [2.45, 2.75) is 25.5 Å². The summed E-state index contributed by atoms with van der Waals surface area (Å²) in [4.78, 5) is 14.4. The number of benzene rings is 1. The van der Waals surface area contributed by atoms with E-state index in [0.29, 0.717) is 34.5 Å². The van der Waals surface area contributed by atoms with Crippen LogP contribution in [0.25, 0.3) is 11.5 Å². The molecule has 25 heavy (non-hydrogen) atoms. The molecule has 3 rings (SSSR count). The molecule has 134 valence electrons. The Kier molecular flexibility index (Phi) is 5.63. The van der Waals surface area contributed by atoms with Crippen molar-refractivity contribution in [3.05, 3.63) is 24.3 Å². The number of carbonyl (C=O) groups excluding carboxylic acids is 1. The molecule has 1 amide bonds. The van der Waals surface area contributed by atoms with E-state index in [1.54, 1.807) is 7.11 Å². The van der Waals surface area contributed by atoms with Crippen molar-refractivity contribution in [3.63, 3.8) is 0 Å². The van der Waals surface area contributed by atoms with E-state index in [2.05, 4.69) is 24.0 Å².